The van der Waals surface area contributed by atoms with E-state index in [-0.39, 0.29) is 5.25 Å². The Hall–Kier alpha value is -1.86. The molecule has 28 heavy (non-hydrogen) atoms. The second-order valence-corrected chi connectivity index (χ2v) is 8.87. The highest BCUT2D eigenvalue weighted by atomic mass is 35.5. The van der Waals surface area contributed by atoms with Crippen molar-refractivity contribution >= 4 is 23.4 Å². The average Bonchev–Trinajstić information content (AvgIpc) is 3.43. The van der Waals surface area contributed by atoms with Crippen LogP contribution in [-0.2, 0) is 6.42 Å². The number of nitrogens with zero attached hydrogens (tertiary/aromatic N) is 5. The number of aromatic nitrogens is 5. The van der Waals surface area contributed by atoms with Crippen molar-refractivity contribution in [3.63, 3.8) is 0 Å². The third-order valence-corrected chi connectivity index (χ3v) is 6.43. The van der Waals surface area contributed by atoms with Crippen molar-refractivity contribution < 1.29 is 4.52 Å². The molecule has 1 aliphatic rings. The first-order valence-electron chi connectivity index (χ1n) is 9.86. The van der Waals surface area contributed by atoms with Crippen LogP contribution >= 0.6 is 23.4 Å². The van der Waals surface area contributed by atoms with Crippen LogP contribution in [0.5, 0.6) is 0 Å². The van der Waals surface area contributed by atoms with Crippen molar-refractivity contribution in [2.75, 3.05) is 0 Å². The summed E-state index contributed by atoms with van der Waals surface area (Å²) in [5.41, 5.74) is 0.922. The predicted molar refractivity (Wildman–Crippen MR) is 111 cm³/mol. The smallest absolute Gasteiger partial charge is 0.239 e. The van der Waals surface area contributed by atoms with Gasteiger partial charge in [-0.2, -0.15) is 4.98 Å². The first kappa shape index (κ1) is 19.5. The SMILES string of the molecule is CCCc1noc([C@@H](C)Sc2nnc(-c3ccccc3Cl)n2C2CCCC2)n1. The van der Waals surface area contributed by atoms with Crippen LogP contribution in [0.2, 0.25) is 5.02 Å². The summed E-state index contributed by atoms with van der Waals surface area (Å²) in [5, 5.41) is 14.7. The number of hydrogen-bond donors (Lipinski definition) is 0. The number of hydrogen-bond acceptors (Lipinski definition) is 6. The third kappa shape index (κ3) is 3.96. The summed E-state index contributed by atoms with van der Waals surface area (Å²) in [6.45, 7) is 4.17. The largest absolute Gasteiger partial charge is 0.338 e. The van der Waals surface area contributed by atoms with Crippen LogP contribution in [0.4, 0.5) is 0 Å². The fourth-order valence-electron chi connectivity index (χ4n) is 3.64. The Morgan fingerprint density at radius 3 is 2.79 bits per heavy atom. The van der Waals surface area contributed by atoms with E-state index in [1.165, 1.54) is 12.8 Å². The molecule has 2 aromatic heterocycles. The molecule has 0 amide bonds. The van der Waals surface area contributed by atoms with Gasteiger partial charge in [0.25, 0.3) is 0 Å². The molecule has 148 valence electrons. The molecular weight excluding hydrogens is 394 g/mol. The van der Waals surface area contributed by atoms with Gasteiger partial charge in [-0.3, -0.25) is 4.57 Å². The van der Waals surface area contributed by atoms with Crippen LogP contribution in [0.3, 0.4) is 0 Å². The van der Waals surface area contributed by atoms with Crippen molar-refractivity contribution in [2.24, 2.45) is 0 Å². The average molecular weight is 418 g/mol. The molecule has 4 rings (SSSR count). The fraction of sp³-hybridized carbons (Fsp3) is 0.500. The Balaban J connectivity index is 1.65. The topological polar surface area (TPSA) is 69.6 Å². The van der Waals surface area contributed by atoms with Crippen LogP contribution in [0.1, 0.15) is 69.0 Å². The van der Waals surface area contributed by atoms with E-state index in [0.717, 1.165) is 48.1 Å². The summed E-state index contributed by atoms with van der Waals surface area (Å²) in [5.74, 6) is 2.23. The van der Waals surface area contributed by atoms with Gasteiger partial charge in [0.15, 0.2) is 16.8 Å². The Bertz CT molecular complexity index is 934. The molecular formula is C20H24ClN5OS. The molecule has 8 heteroatoms. The Morgan fingerprint density at radius 2 is 2.04 bits per heavy atom. The Morgan fingerprint density at radius 1 is 1.25 bits per heavy atom. The molecule has 0 aliphatic heterocycles. The summed E-state index contributed by atoms with van der Waals surface area (Å²) in [6, 6.07) is 8.22. The van der Waals surface area contributed by atoms with E-state index >= 15 is 0 Å². The minimum atomic E-state index is 0.00144. The molecule has 3 aromatic rings. The van der Waals surface area contributed by atoms with Gasteiger partial charge in [0.1, 0.15) is 0 Å². The lowest BCUT2D eigenvalue weighted by molar-refractivity contribution is 0.374. The number of rotatable bonds is 7. The minimum Gasteiger partial charge on any atom is -0.338 e. The van der Waals surface area contributed by atoms with Crippen LogP contribution in [0.25, 0.3) is 11.4 Å². The normalized spacial score (nSPS) is 16.0. The van der Waals surface area contributed by atoms with Crippen molar-refractivity contribution in [1.82, 2.24) is 24.9 Å². The van der Waals surface area contributed by atoms with Gasteiger partial charge >= 0.3 is 0 Å². The summed E-state index contributed by atoms with van der Waals surface area (Å²) in [7, 11) is 0. The maximum Gasteiger partial charge on any atom is 0.239 e. The van der Waals surface area contributed by atoms with E-state index in [2.05, 4.69) is 38.8 Å². The van der Waals surface area contributed by atoms with Crippen LogP contribution in [0.15, 0.2) is 33.9 Å². The maximum absolute atomic E-state index is 6.46. The molecule has 0 spiro atoms. The number of thioether (sulfide) groups is 1. The van der Waals surface area contributed by atoms with Gasteiger partial charge in [-0.1, -0.05) is 60.4 Å². The highest BCUT2D eigenvalue weighted by Gasteiger charge is 2.28. The molecule has 0 unspecified atom stereocenters. The third-order valence-electron chi connectivity index (χ3n) is 5.06. The second kappa shape index (κ2) is 8.66. The zero-order valence-corrected chi connectivity index (χ0v) is 17.7. The number of aryl methyl sites for hydroxylation is 1. The molecule has 1 fully saturated rings. The molecule has 0 saturated heterocycles. The van der Waals surface area contributed by atoms with Crippen molar-refractivity contribution in [3.8, 4) is 11.4 Å². The molecule has 0 N–H and O–H groups in total. The number of halogens is 1. The first-order valence-corrected chi connectivity index (χ1v) is 11.1. The van der Waals surface area contributed by atoms with E-state index in [1.54, 1.807) is 11.8 Å². The van der Waals surface area contributed by atoms with Gasteiger partial charge in [0, 0.05) is 18.0 Å². The summed E-state index contributed by atoms with van der Waals surface area (Å²) in [6.07, 6.45) is 6.56. The lowest BCUT2D eigenvalue weighted by Gasteiger charge is -2.18. The van der Waals surface area contributed by atoms with Gasteiger partial charge in [-0.25, -0.2) is 0 Å². The zero-order chi connectivity index (χ0) is 19.5. The molecule has 1 atom stereocenters. The van der Waals surface area contributed by atoms with Crippen molar-refractivity contribution in [1.29, 1.82) is 0 Å². The van der Waals surface area contributed by atoms with Gasteiger partial charge in [-0.15, -0.1) is 10.2 Å². The van der Waals surface area contributed by atoms with E-state index in [9.17, 15) is 0 Å². The van der Waals surface area contributed by atoms with Crippen molar-refractivity contribution in [3.05, 3.63) is 41.0 Å². The second-order valence-electron chi connectivity index (χ2n) is 7.15. The zero-order valence-electron chi connectivity index (χ0n) is 16.1. The van der Waals surface area contributed by atoms with E-state index in [0.29, 0.717) is 17.0 Å². The lowest BCUT2D eigenvalue weighted by Crippen LogP contribution is -2.09. The van der Waals surface area contributed by atoms with Gasteiger partial charge in [0.05, 0.1) is 10.3 Å². The van der Waals surface area contributed by atoms with Crippen molar-refractivity contribution in [2.45, 2.75) is 68.8 Å². The van der Waals surface area contributed by atoms with Crippen LogP contribution < -0.4 is 0 Å². The Labute approximate surface area is 174 Å². The van der Waals surface area contributed by atoms with Gasteiger partial charge in [-0.05, 0) is 38.3 Å². The van der Waals surface area contributed by atoms with Gasteiger partial charge in [0.2, 0.25) is 5.89 Å². The maximum atomic E-state index is 6.46. The molecule has 1 aromatic carbocycles. The molecule has 0 radical (unpaired) electrons. The van der Waals surface area contributed by atoms with Crippen LogP contribution in [0, 0.1) is 0 Å². The molecule has 0 bridgehead atoms. The molecule has 2 heterocycles. The molecule has 1 saturated carbocycles. The molecule has 1 aliphatic carbocycles. The summed E-state index contributed by atoms with van der Waals surface area (Å²) < 4.78 is 7.73. The van der Waals surface area contributed by atoms with E-state index < -0.39 is 0 Å². The van der Waals surface area contributed by atoms with Crippen LogP contribution in [-0.4, -0.2) is 24.9 Å². The lowest BCUT2D eigenvalue weighted by atomic mass is 10.2. The monoisotopic (exact) mass is 417 g/mol. The van der Waals surface area contributed by atoms with Gasteiger partial charge < -0.3 is 4.52 Å². The van der Waals surface area contributed by atoms with E-state index in [4.69, 9.17) is 16.1 Å². The predicted octanol–water partition coefficient (Wildman–Crippen LogP) is 5.90. The highest BCUT2D eigenvalue weighted by molar-refractivity contribution is 7.99. The van der Waals surface area contributed by atoms with E-state index in [1.807, 2.05) is 24.3 Å². The fourth-order valence-corrected chi connectivity index (χ4v) is 4.81. The summed E-state index contributed by atoms with van der Waals surface area (Å²) >= 11 is 8.07. The first-order chi connectivity index (χ1) is 13.7. The standard InChI is InChI=1S/C20H24ClN5OS/c1-3-8-17-22-19(27-25-17)13(2)28-20-24-23-18(15-11-6-7-12-16(15)21)26(20)14-9-4-5-10-14/h6-7,11-14H,3-5,8-10H2,1-2H3/t13-/m1/s1. The quantitative estimate of drug-likeness (QED) is 0.445. The minimum absolute atomic E-state index is 0.00144. The summed E-state index contributed by atoms with van der Waals surface area (Å²) in [4.78, 5) is 4.53. The highest BCUT2D eigenvalue weighted by Crippen LogP contribution is 2.41. The number of benzene rings is 1. The Kier molecular flexibility index (Phi) is 6.01. The molecule has 6 nitrogen and oxygen atoms in total.